The Hall–Kier alpha value is -1.66. The van der Waals surface area contributed by atoms with Crippen LogP contribution in [0.3, 0.4) is 0 Å². The van der Waals surface area contributed by atoms with Crippen molar-refractivity contribution in [3.8, 4) is 5.75 Å². The van der Waals surface area contributed by atoms with Crippen LogP contribution in [-0.2, 0) is 0 Å². The van der Waals surface area contributed by atoms with E-state index in [-0.39, 0.29) is 18.0 Å². The molecule has 2 N–H and O–H groups in total. The highest BCUT2D eigenvalue weighted by Gasteiger charge is 2.18. The number of rotatable bonds is 8. The van der Waals surface area contributed by atoms with Crippen LogP contribution in [0.4, 0.5) is 5.69 Å². The Morgan fingerprint density at radius 3 is 2.70 bits per heavy atom. The van der Waals surface area contributed by atoms with Gasteiger partial charge in [-0.25, -0.2) is 0 Å². The van der Waals surface area contributed by atoms with Gasteiger partial charge in [-0.2, -0.15) is 0 Å². The maximum Gasteiger partial charge on any atom is 0.311 e. The second kappa shape index (κ2) is 7.81. The number of para-hydroxylation sites is 1. The largest absolute Gasteiger partial charge is 0.484 e. The van der Waals surface area contributed by atoms with Gasteiger partial charge in [-0.1, -0.05) is 26.0 Å². The van der Waals surface area contributed by atoms with Gasteiger partial charge in [-0.05, 0) is 24.9 Å². The van der Waals surface area contributed by atoms with Crippen molar-refractivity contribution in [2.45, 2.75) is 26.9 Å². The third-order valence-electron chi connectivity index (χ3n) is 2.74. The average Bonchev–Trinajstić information content (AvgIpc) is 2.36. The first-order valence-corrected chi connectivity index (χ1v) is 6.67. The maximum absolute atomic E-state index is 10.9. The first kappa shape index (κ1) is 16.4. The van der Waals surface area contributed by atoms with E-state index in [4.69, 9.17) is 4.74 Å². The van der Waals surface area contributed by atoms with Crippen molar-refractivity contribution < 1.29 is 14.8 Å². The number of aliphatic hydroxyl groups excluding tert-OH is 1. The van der Waals surface area contributed by atoms with Crippen molar-refractivity contribution in [2.24, 2.45) is 5.92 Å². The SMILES string of the molecule is Cc1cccc([N+](=O)[O-])c1OCC(O)CNCC(C)C. The van der Waals surface area contributed by atoms with Crippen molar-refractivity contribution in [3.63, 3.8) is 0 Å². The molecule has 0 amide bonds. The fourth-order valence-corrected chi connectivity index (χ4v) is 1.75. The molecule has 1 aromatic rings. The van der Waals surface area contributed by atoms with Gasteiger partial charge < -0.3 is 15.2 Å². The quantitative estimate of drug-likeness (QED) is 0.562. The van der Waals surface area contributed by atoms with Crippen molar-refractivity contribution in [3.05, 3.63) is 33.9 Å². The Kier molecular flexibility index (Phi) is 6.41. The number of ether oxygens (including phenoxy) is 1. The zero-order chi connectivity index (χ0) is 15.1. The van der Waals surface area contributed by atoms with E-state index < -0.39 is 11.0 Å². The summed E-state index contributed by atoms with van der Waals surface area (Å²) in [5, 5.41) is 23.8. The van der Waals surface area contributed by atoms with Gasteiger partial charge in [0.1, 0.15) is 12.7 Å². The minimum absolute atomic E-state index is 0.0246. The lowest BCUT2D eigenvalue weighted by molar-refractivity contribution is -0.386. The summed E-state index contributed by atoms with van der Waals surface area (Å²) >= 11 is 0. The Morgan fingerprint density at radius 2 is 2.10 bits per heavy atom. The van der Waals surface area contributed by atoms with Crippen molar-refractivity contribution in [2.75, 3.05) is 19.7 Å². The summed E-state index contributed by atoms with van der Waals surface area (Å²) in [4.78, 5) is 10.4. The van der Waals surface area contributed by atoms with Gasteiger partial charge in [0.25, 0.3) is 0 Å². The lowest BCUT2D eigenvalue weighted by Crippen LogP contribution is -2.33. The van der Waals surface area contributed by atoms with Crippen LogP contribution in [0.25, 0.3) is 0 Å². The smallest absolute Gasteiger partial charge is 0.311 e. The molecule has 0 aliphatic rings. The molecule has 0 bridgehead atoms. The maximum atomic E-state index is 10.9. The molecule has 1 atom stereocenters. The average molecular weight is 282 g/mol. The third kappa shape index (κ3) is 5.14. The Bertz CT molecular complexity index is 449. The topological polar surface area (TPSA) is 84.6 Å². The third-order valence-corrected chi connectivity index (χ3v) is 2.74. The number of aryl methyl sites for hydroxylation is 1. The minimum atomic E-state index is -0.701. The molecule has 1 unspecified atom stereocenters. The molecular weight excluding hydrogens is 260 g/mol. The second-order valence-electron chi connectivity index (χ2n) is 5.20. The number of nitrogens with one attached hydrogen (secondary N) is 1. The predicted molar refractivity (Wildman–Crippen MR) is 77.0 cm³/mol. The van der Waals surface area contributed by atoms with Gasteiger partial charge in [-0.15, -0.1) is 0 Å². The normalized spacial score (nSPS) is 12.4. The number of hydrogen-bond acceptors (Lipinski definition) is 5. The summed E-state index contributed by atoms with van der Waals surface area (Å²) in [6.07, 6.45) is -0.701. The van der Waals surface area contributed by atoms with Gasteiger partial charge in [0.05, 0.1) is 4.92 Å². The highest BCUT2D eigenvalue weighted by molar-refractivity contribution is 5.51. The molecule has 6 heteroatoms. The first-order chi connectivity index (χ1) is 9.41. The number of aliphatic hydroxyl groups is 1. The first-order valence-electron chi connectivity index (χ1n) is 6.67. The minimum Gasteiger partial charge on any atom is -0.484 e. The van der Waals surface area contributed by atoms with Crippen LogP contribution in [0.2, 0.25) is 0 Å². The Morgan fingerprint density at radius 1 is 1.40 bits per heavy atom. The van der Waals surface area contributed by atoms with Crippen LogP contribution >= 0.6 is 0 Å². The van der Waals surface area contributed by atoms with Crippen LogP contribution in [0.1, 0.15) is 19.4 Å². The van der Waals surface area contributed by atoms with Gasteiger partial charge >= 0.3 is 5.69 Å². The van der Waals surface area contributed by atoms with Gasteiger partial charge in [0, 0.05) is 12.6 Å². The standard InChI is InChI=1S/C14H22N2O4/c1-10(2)7-15-8-12(17)9-20-14-11(3)5-4-6-13(14)16(18)19/h4-6,10,12,15,17H,7-9H2,1-3H3. The van der Waals surface area contributed by atoms with E-state index in [1.165, 1.54) is 6.07 Å². The zero-order valence-electron chi connectivity index (χ0n) is 12.1. The van der Waals surface area contributed by atoms with Gasteiger partial charge in [0.2, 0.25) is 0 Å². The molecule has 0 saturated carbocycles. The van der Waals surface area contributed by atoms with Crippen molar-refractivity contribution in [1.29, 1.82) is 0 Å². The van der Waals surface area contributed by atoms with E-state index in [9.17, 15) is 15.2 Å². The lowest BCUT2D eigenvalue weighted by atomic mass is 10.2. The Labute approximate surface area is 118 Å². The summed E-state index contributed by atoms with van der Waals surface area (Å²) in [6.45, 7) is 7.13. The highest BCUT2D eigenvalue weighted by atomic mass is 16.6. The van der Waals surface area contributed by atoms with Gasteiger partial charge in [0.15, 0.2) is 5.75 Å². The van der Waals surface area contributed by atoms with E-state index in [1.54, 1.807) is 19.1 Å². The van der Waals surface area contributed by atoms with Crippen molar-refractivity contribution >= 4 is 5.69 Å². The monoisotopic (exact) mass is 282 g/mol. The van der Waals surface area contributed by atoms with Crippen LogP contribution in [0, 0.1) is 23.0 Å². The van der Waals surface area contributed by atoms with E-state index in [0.29, 0.717) is 18.0 Å². The molecule has 6 nitrogen and oxygen atoms in total. The van der Waals surface area contributed by atoms with E-state index >= 15 is 0 Å². The summed E-state index contributed by atoms with van der Waals surface area (Å²) < 4.78 is 5.42. The predicted octanol–water partition coefficient (Wildman–Crippen LogP) is 1.89. The zero-order valence-corrected chi connectivity index (χ0v) is 12.1. The molecule has 0 aromatic heterocycles. The number of nitro benzene ring substituents is 1. The van der Waals surface area contributed by atoms with Crippen LogP contribution in [0.15, 0.2) is 18.2 Å². The summed E-state index contributed by atoms with van der Waals surface area (Å²) in [7, 11) is 0. The number of hydrogen-bond donors (Lipinski definition) is 2. The van der Waals surface area contributed by atoms with E-state index in [1.807, 2.05) is 0 Å². The lowest BCUT2D eigenvalue weighted by Gasteiger charge is -2.15. The molecule has 20 heavy (non-hydrogen) atoms. The Balaban J connectivity index is 2.55. The molecule has 0 radical (unpaired) electrons. The van der Waals surface area contributed by atoms with Crippen molar-refractivity contribution in [1.82, 2.24) is 5.32 Å². The molecule has 1 rings (SSSR count). The molecular formula is C14H22N2O4. The molecule has 0 fully saturated rings. The number of nitro groups is 1. The van der Waals surface area contributed by atoms with Crippen LogP contribution in [0.5, 0.6) is 5.75 Å². The van der Waals surface area contributed by atoms with Gasteiger partial charge in [-0.3, -0.25) is 10.1 Å². The summed E-state index contributed by atoms with van der Waals surface area (Å²) in [6, 6.07) is 4.75. The molecule has 112 valence electrons. The van der Waals surface area contributed by atoms with Crippen LogP contribution in [-0.4, -0.2) is 35.8 Å². The van der Waals surface area contributed by atoms with Crippen LogP contribution < -0.4 is 10.1 Å². The summed E-state index contributed by atoms with van der Waals surface area (Å²) in [5.74, 6) is 0.723. The fourth-order valence-electron chi connectivity index (χ4n) is 1.75. The highest BCUT2D eigenvalue weighted by Crippen LogP contribution is 2.30. The summed E-state index contributed by atoms with van der Waals surface area (Å²) in [5.41, 5.74) is 0.605. The van der Waals surface area contributed by atoms with E-state index in [2.05, 4.69) is 19.2 Å². The second-order valence-corrected chi connectivity index (χ2v) is 5.20. The molecule has 1 aromatic carbocycles. The number of nitrogens with zero attached hydrogens (tertiary/aromatic N) is 1. The molecule has 0 aliphatic heterocycles. The molecule has 0 aliphatic carbocycles. The number of benzene rings is 1. The van der Waals surface area contributed by atoms with E-state index in [0.717, 1.165) is 6.54 Å². The molecule has 0 saturated heterocycles. The molecule has 0 spiro atoms. The molecule has 0 heterocycles. The fraction of sp³-hybridized carbons (Fsp3) is 0.571.